The summed E-state index contributed by atoms with van der Waals surface area (Å²) in [6.07, 6.45) is 11.0. The second-order valence-corrected chi connectivity index (χ2v) is 8.83. The zero-order chi connectivity index (χ0) is 17.5. The minimum Gasteiger partial charge on any atom is -1.00 e. The molecule has 0 radical (unpaired) electrons. The van der Waals surface area contributed by atoms with Crippen LogP contribution in [0, 0.1) is 26.0 Å². The molecule has 3 heteroatoms. The molecule has 0 saturated heterocycles. The van der Waals surface area contributed by atoms with Gasteiger partial charge in [0.1, 0.15) is 0 Å². The number of hydrogen-bond acceptors (Lipinski definition) is 0. The Bertz CT molecular complexity index is 725. The first kappa shape index (κ1) is 25.3. The molecule has 0 aliphatic heterocycles. The Labute approximate surface area is 185 Å². The molecule has 0 heterocycles. The SMILES string of the molecule is C[C](C)=[Zr+2].Cc1[c-]c2c(cc1)-c1ccc(C)cc1C2.[C-]1=CC=CC1.[Cl-].[Cl-]. The summed E-state index contributed by atoms with van der Waals surface area (Å²) in [4.78, 5) is 0. The van der Waals surface area contributed by atoms with Crippen LogP contribution in [-0.2, 0) is 30.7 Å². The summed E-state index contributed by atoms with van der Waals surface area (Å²) in [5.74, 6) is 0. The van der Waals surface area contributed by atoms with Gasteiger partial charge in [0, 0.05) is 0 Å². The van der Waals surface area contributed by atoms with Crippen LogP contribution in [0.3, 0.4) is 0 Å². The van der Waals surface area contributed by atoms with Gasteiger partial charge in [-0.2, -0.15) is 29.8 Å². The fourth-order valence-electron chi connectivity index (χ4n) is 2.71. The van der Waals surface area contributed by atoms with Crippen LogP contribution in [0.4, 0.5) is 0 Å². The third-order valence-electron chi connectivity index (χ3n) is 3.68. The molecule has 26 heavy (non-hydrogen) atoms. The number of aryl methyl sites for hydroxylation is 2. The summed E-state index contributed by atoms with van der Waals surface area (Å²) in [7, 11) is 0. The molecule has 0 N–H and O–H groups in total. The smallest absolute Gasteiger partial charge is 0.0253 e. The number of rotatable bonds is 0. The van der Waals surface area contributed by atoms with Gasteiger partial charge >= 0.3 is 41.3 Å². The molecular formula is C23H24Cl2Zr-2. The molecule has 0 atom stereocenters. The average molecular weight is 463 g/mol. The Balaban J connectivity index is 0.000000480. The first-order valence-corrected chi connectivity index (χ1v) is 9.55. The molecule has 0 bridgehead atoms. The van der Waals surface area contributed by atoms with Crippen molar-refractivity contribution in [3.05, 3.63) is 83.0 Å². The van der Waals surface area contributed by atoms with Crippen LogP contribution in [0.1, 0.15) is 42.5 Å². The maximum Gasteiger partial charge on any atom is -0.0253 e. The van der Waals surface area contributed by atoms with Crippen LogP contribution in [-0.4, -0.2) is 3.21 Å². The van der Waals surface area contributed by atoms with Crippen molar-refractivity contribution in [2.24, 2.45) is 0 Å². The number of allylic oxidation sites excluding steroid dienone is 4. The van der Waals surface area contributed by atoms with Gasteiger partial charge in [0.05, 0.1) is 0 Å². The third-order valence-corrected chi connectivity index (χ3v) is 3.68. The van der Waals surface area contributed by atoms with Gasteiger partial charge in [0.15, 0.2) is 0 Å². The Morgan fingerprint density at radius 2 is 1.65 bits per heavy atom. The quantitative estimate of drug-likeness (QED) is 0.404. The van der Waals surface area contributed by atoms with E-state index in [1.807, 2.05) is 12.2 Å². The van der Waals surface area contributed by atoms with Gasteiger partial charge in [-0.3, -0.25) is 6.08 Å². The van der Waals surface area contributed by atoms with Crippen molar-refractivity contribution in [3.63, 3.8) is 0 Å². The number of fused-ring (bicyclic) bond motifs is 3. The molecule has 0 nitrogen and oxygen atoms in total. The van der Waals surface area contributed by atoms with Crippen molar-refractivity contribution < 1.29 is 49.0 Å². The van der Waals surface area contributed by atoms with Gasteiger partial charge in [-0.15, -0.1) is 17.5 Å². The average Bonchev–Trinajstić information content (AvgIpc) is 3.16. The summed E-state index contributed by atoms with van der Waals surface area (Å²) in [5.41, 5.74) is 8.15. The predicted molar refractivity (Wildman–Crippen MR) is 101 cm³/mol. The maximum absolute atomic E-state index is 3.45. The van der Waals surface area contributed by atoms with Crippen LogP contribution in [0.15, 0.2) is 48.6 Å². The Kier molecular flexibility index (Phi) is 12.2. The van der Waals surface area contributed by atoms with E-state index in [-0.39, 0.29) is 24.8 Å². The Hall–Kier alpha value is -0.747. The van der Waals surface area contributed by atoms with E-state index in [1.165, 1.54) is 36.6 Å². The van der Waals surface area contributed by atoms with Crippen LogP contribution >= 0.6 is 0 Å². The van der Waals surface area contributed by atoms with Crippen molar-refractivity contribution in [2.45, 2.75) is 40.5 Å². The van der Waals surface area contributed by atoms with Crippen LogP contribution in [0.5, 0.6) is 0 Å². The molecule has 0 fully saturated rings. The molecule has 0 saturated carbocycles. The molecule has 4 rings (SSSR count). The minimum absolute atomic E-state index is 0. The molecule has 2 aromatic rings. The van der Waals surface area contributed by atoms with Crippen LogP contribution in [0.25, 0.3) is 11.1 Å². The van der Waals surface area contributed by atoms with E-state index >= 15 is 0 Å². The molecule has 0 amide bonds. The van der Waals surface area contributed by atoms with Crippen LogP contribution in [0.2, 0.25) is 0 Å². The van der Waals surface area contributed by atoms with Crippen molar-refractivity contribution in [1.29, 1.82) is 0 Å². The van der Waals surface area contributed by atoms with Gasteiger partial charge in [0.2, 0.25) is 0 Å². The van der Waals surface area contributed by atoms with E-state index in [0.717, 1.165) is 12.8 Å². The normalized spacial score (nSPS) is 11.6. The summed E-state index contributed by atoms with van der Waals surface area (Å²) >= 11 is 1.55. The second-order valence-electron chi connectivity index (χ2n) is 6.37. The van der Waals surface area contributed by atoms with Gasteiger partial charge in [-0.25, -0.2) is 12.2 Å². The van der Waals surface area contributed by atoms with Crippen LogP contribution < -0.4 is 24.8 Å². The molecule has 2 aliphatic rings. The van der Waals surface area contributed by atoms with Gasteiger partial charge in [-0.1, -0.05) is 36.2 Å². The zero-order valence-electron chi connectivity index (χ0n) is 15.8. The van der Waals surface area contributed by atoms with Crippen molar-refractivity contribution in [3.8, 4) is 11.1 Å². The summed E-state index contributed by atoms with van der Waals surface area (Å²) < 4.78 is 1.51. The van der Waals surface area contributed by atoms with E-state index < -0.39 is 0 Å². The Morgan fingerprint density at radius 3 is 2.19 bits per heavy atom. The van der Waals surface area contributed by atoms with Gasteiger partial charge in [-0.05, 0) is 18.9 Å². The van der Waals surface area contributed by atoms with Crippen molar-refractivity contribution in [1.82, 2.24) is 0 Å². The van der Waals surface area contributed by atoms with Gasteiger partial charge < -0.3 is 24.8 Å². The minimum atomic E-state index is 0. The number of benzene rings is 2. The first-order valence-electron chi connectivity index (χ1n) is 8.32. The first-order chi connectivity index (χ1) is 11.5. The summed E-state index contributed by atoms with van der Waals surface area (Å²) in [6, 6.07) is 14.5. The zero-order valence-corrected chi connectivity index (χ0v) is 19.8. The largest absolute Gasteiger partial charge is 1.00 e. The predicted octanol–water partition coefficient (Wildman–Crippen LogP) is -0.266. The fourth-order valence-corrected chi connectivity index (χ4v) is 2.71. The standard InChI is InChI=1S/C15H13.C5H5.C3H6.2ClH.Zr/c1-10-3-5-14-12(7-10)9-13-8-11(2)4-6-15(13)14;1-2-4-5-3-1;1-3-2;;;/h3-7H,9H2,1-2H3;1-3H,4H2;1-2H3;2*1H;/q2*-1;;;;+2/p-2. The molecule has 2 aliphatic carbocycles. The summed E-state index contributed by atoms with van der Waals surface area (Å²) in [6.45, 7) is 8.50. The molecule has 2 aromatic carbocycles. The molecule has 136 valence electrons. The third kappa shape index (κ3) is 7.87. The van der Waals surface area contributed by atoms with Crippen molar-refractivity contribution in [2.75, 3.05) is 0 Å². The maximum atomic E-state index is 3.45. The van der Waals surface area contributed by atoms with E-state index in [4.69, 9.17) is 0 Å². The van der Waals surface area contributed by atoms with E-state index in [1.54, 1.807) is 24.2 Å². The van der Waals surface area contributed by atoms with E-state index in [2.05, 4.69) is 76.2 Å². The number of hydrogen-bond donors (Lipinski definition) is 0. The molecule has 0 unspecified atom stereocenters. The summed E-state index contributed by atoms with van der Waals surface area (Å²) in [5, 5.41) is 0. The Morgan fingerprint density at radius 1 is 1.00 bits per heavy atom. The topological polar surface area (TPSA) is 0 Å². The van der Waals surface area contributed by atoms with Crippen molar-refractivity contribution >= 4 is 3.21 Å². The van der Waals surface area contributed by atoms with Gasteiger partial charge in [0.25, 0.3) is 0 Å². The molecule has 0 aromatic heterocycles. The second kappa shape index (κ2) is 12.6. The molecule has 0 spiro atoms. The van der Waals surface area contributed by atoms with E-state index in [9.17, 15) is 0 Å². The van der Waals surface area contributed by atoms with E-state index in [0.29, 0.717) is 0 Å². The molecular weight excluding hydrogens is 438 g/mol. The number of halogens is 2. The monoisotopic (exact) mass is 460 g/mol. The fraction of sp³-hybridized carbons (Fsp3) is 0.261.